The fourth-order valence-electron chi connectivity index (χ4n) is 1.73. The highest BCUT2D eigenvalue weighted by molar-refractivity contribution is 9.10. The molecule has 1 aliphatic rings. The summed E-state index contributed by atoms with van der Waals surface area (Å²) in [5.41, 5.74) is 0. The van der Waals surface area contributed by atoms with Crippen molar-refractivity contribution in [2.24, 2.45) is 0 Å². The van der Waals surface area contributed by atoms with Gasteiger partial charge in [-0.25, -0.2) is 9.97 Å². The average molecular weight is 320 g/mol. The van der Waals surface area contributed by atoms with Crippen LogP contribution in [0.1, 0.15) is 6.42 Å². The second-order valence-corrected chi connectivity index (χ2v) is 5.04. The van der Waals surface area contributed by atoms with E-state index in [-0.39, 0.29) is 5.91 Å². The van der Waals surface area contributed by atoms with Crippen LogP contribution in [0.5, 0.6) is 0 Å². The van der Waals surface area contributed by atoms with Gasteiger partial charge in [-0.2, -0.15) is 0 Å². The van der Waals surface area contributed by atoms with E-state index in [1.165, 1.54) is 6.33 Å². The molecule has 1 aliphatic heterocycles. The molecule has 0 radical (unpaired) electrons. The number of amides is 1. The predicted molar refractivity (Wildman–Crippen MR) is 69.2 cm³/mol. The third-order valence-corrected chi connectivity index (χ3v) is 3.95. The SMILES string of the molecule is CN1CCCN(c2ncnc(Cl)c2Br)CC1=O. The van der Waals surface area contributed by atoms with Crippen LogP contribution in [-0.4, -0.2) is 47.5 Å². The summed E-state index contributed by atoms with van der Waals surface area (Å²) in [4.78, 5) is 23.5. The molecule has 92 valence electrons. The summed E-state index contributed by atoms with van der Waals surface area (Å²) in [6.45, 7) is 1.87. The Balaban J connectivity index is 2.27. The molecular weight excluding hydrogens is 307 g/mol. The Morgan fingerprint density at radius 2 is 2.18 bits per heavy atom. The highest BCUT2D eigenvalue weighted by atomic mass is 79.9. The van der Waals surface area contributed by atoms with Crippen LogP contribution in [0.2, 0.25) is 5.15 Å². The summed E-state index contributed by atoms with van der Waals surface area (Å²) in [6.07, 6.45) is 2.32. The Hall–Kier alpha value is -0.880. The number of hydrogen-bond acceptors (Lipinski definition) is 4. The standard InChI is InChI=1S/C10H12BrClN4O/c1-15-3-2-4-16(5-7(15)17)10-8(11)9(12)13-6-14-10/h6H,2-5H2,1H3. The molecule has 1 fully saturated rings. The number of nitrogens with zero attached hydrogens (tertiary/aromatic N) is 4. The molecule has 1 aromatic rings. The Morgan fingerprint density at radius 3 is 2.94 bits per heavy atom. The summed E-state index contributed by atoms with van der Waals surface area (Å²) >= 11 is 9.27. The summed E-state index contributed by atoms with van der Waals surface area (Å²) in [5, 5.41) is 0.361. The fourth-order valence-corrected chi connectivity index (χ4v) is 2.31. The average Bonchev–Trinajstić information content (AvgIpc) is 2.46. The number of rotatable bonds is 1. The molecule has 1 amide bonds. The zero-order valence-electron chi connectivity index (χ0n) is 9.36. The van der Waals surface area contributed by atoms with Gasteiger partial charge in [0.1, 0.15) is 17.3 Å². The summed E-state index contributed by atoms with van der Waals surface area (Å²) in [5.74, 6) is 0.762. The minimum Gasteiger partial charge on any atom is -0.346 e. The lowest BCUT2D eigenvalue weighted by molar-refractivity contribution is -0.127. The third kappa shape index (κ3) is 2.69. The first-order valence-corrected chi connectivity index (χ1v) is 6.41. The minimum atomic E-state index is 0.0872. The van der Waals surface area contributed by atoms with Gasteiger partial charge in [-0.05, 0) is 22.4 Å². The smallest absolute Gasteiger partial charge is 0.241 e. The lowest BCUT2D eigenvalue weighted by Crippen LogP contribution is -2.34. The van der Waals surface area contributed by atoms with E-state index in [1.54, 1.807) is 4.90 Å². The summed E-state index contributed by atoms with van der Waals surface area (Å²) in [6, 6.07) is 0. The molecule has 0 bridgehead atoms. The molecular formula is C10H12BrClN4O. The molecule has 0 saturated carbocycles. The van der Waals surface area contributed by atoms with Gasteiger partial charge in [0, 0.05) is 20.1 Å². The van der Waals surface area contributed by atoms with E-state index in [4.69, 9.17) is 11.6 Å². The Labute approximate surface area is 113 Å². The van der Waals surface area contributed by atoms with Crippen LogP contribution < -0.4 is 4.90 Å². The molecule has 2 heterocycles. The van der Waals surface area contributed by atoms with Crippen molar-refractivity contribution < 1.29 is 4.79 Å². The first-order valence-electron chi connectivity index (χ1n) is 5.24. The number of anilines is 1. The van der Waals surface area contributed by atoms with Crippen LogP contribution in [0.4, 0.5) is 5.82 Å². The van der Waals surface area contributed by atoms with Crippen molar-refractivity contribution in [2.75, 3.05) is 31.6 Å². The lowest BCUT2D eigenvalue weighted by atomic mass is 10.4. The van der Waals surface area contributed by atoms with E-state index in [9.17, 15) is 4.79 Å². The Morgan fingerprint density at radius 1 is 1.41 bits per heavy atom. The van der Waals surface area contributed by atoms with Gasteiger partial charge >= 0.3 is 0 Å². The van der Waals surface area contributed by atoms with Crippen LogP contribution in [-0.2, 0) is 4.79 Å². The molecule has 17 heavy (non-hydrogen) atoms. The van der Waals surface area contributed by atoms with Gasteiger partial charge in [0.25, 0.3) is 0 Å². The van der Waals surface area contributed by atoms with E-state index >= 15 is 0 Å². The quantitative estimate of drug-likeness (QED) is 0.737. The maximum absolute atomic E-state index is 11.8. The zero-order chi connectivity index (χ0) is 12.4. The van der Waals surface area contributed by atoms with Gasteiger partial charge in [0.2, 0.25) is 5.91 Å². The number of carbonyl (C=O) groups excluding carboxylic acids is 1. The minimum absolute atomic E-state index is 0.0872. The maximum Gasteiger partial charge on any atom is 0.241 e. The van der Waals surface area contributed by atoms with Crippen LogP contribution in [0.15, 0.2) is 10.8 Å². The number of carbonyl (C=O) groups is 1. The van der Waals surface area contributed by atoms with E-state index < -0.39 is 0 Å². The largest absolute Gasteiger partial charge is 0.346 e. The van der Waals surface area contributed by atoms with Crippen molar-refractivity contribution in [1.29, 1.82) is 0 Å². The maximum atomic E-state index is 11.8. The molecule has 0 atom stereocenters. The molecule has 0 spiro atoms. The second kappa shape index (κ2) is 5.18. The monoisotopic (exact) mass is 318 g/mol. The second-order valence-electron chi connectivity index (χ2n) is 3.89. The molecule has 1 aromatic heterocycles. The van der Waals surface area contributed by atoms with Crippen LogP contribution in [0, 0.1) is 0 Å². The number of halogens is 2. The van der Waals surface area contributed by atoms with Gasteiger partial charge in [-0.3, -0.25) is 4.79 Å². The number of aromatic nitrogens is 2. The van der Waals surface area contributed by atoms with Gasteiger partial charge in [0.15, 0.2) is 0 Å². The highest BCUT2D eigenvalue weighted by Gasteiger charge is 2.22. The van der Waals surface area contributed by atoms with Gasteiger partial charge in [-0.1, -0.05) is 11.6 Å². The molecule has 0 unspecified atom stereocenters. The fraction of sp³-hybridized carbons (Fsp3) is 0.500. The van der Waals surface area contributed by atoms with Gasteiger partial charge in [-0.15, -0.1) is 0 Å². The van der Waals surface area contributed by atoms with E-state index in [2.05, 4.69) is 25.9 Å². The number of likely N-dealkylation sites (N-methyl/N-ethyl adjacent to an activating group) is 1. The summed E-state index contributed by atoms with van der Waals surface area (Å²) < 4.78 is 0.638. The van der Waals surface area contributed by atoms with E-state index in [0.717, 1.165) is 19.5 Å². The number of hydrogen-bond donors (Lipinski definition) is 0. The molecule has 0 aromatic carbocycles. The third-order valence-electron chi connectivity index (χ3n) is 2.70. The molecule has 7 heteroatoms. The van der Waals surface area contributed by atoms with Crippen molar-refractivity contribution >= 4 is 39.3 Å². The van der Waals surface area contributed by atoms with Crippen molar-refractivity contribution in [3.8, 4) is 0 Å². The molecule has 0 N–H and O–H groups in total. The predicted octanol–water partition coefficient (Wildman–Crippen LogP) is 1.56. The molecule has 0 aliphatic carbocycles. The van der Waals surface area contributed by atoms with Crippen molar-refractivity contribution in [3.63, 3.8) is 0 Å². The first-order chi connectivity index (χ1) is 8.09. The molecule has 1 saturated heterocycles. The molecule has 5 nitrogen and oxygen atoms in total. The Kier molecular flexibility index (Phi) is 3.83. The topological polar surface area (TPSA) is 49.3 Å². The first kappa shape index (κ1) is 12.6. The normalized spacial score (nSPS) is 17.2. The van der Waals surface area contributed by atoms with Crippen molar-refractivity contribution in [3.05, 3.63) is 16.0 Å². The summed E-state index contributed by atoms with van der Waals surface area (Å²) in [7, 11) is 1.81. The van der Waals surface area contributed by atoms with Gasteiger partial charge < -0.3 is 9.80 Å². The van der Waals surface area contributed by atoms with E-state index in [0.29, 0.717) is 22.0 Å². The van der Waals surface area contributed by atoms with E-state index in [1.807, 2.05) is 11.9 Å². The van der Waals surface area contributed by atoms with Crippen LogP contribution in [0.3, 0.4) is 0 Å². The van der Waals surface area contributed by atoms with Crippen molar-refractivity contribution in [2.45, 2.75) is 6.42 Å². The van der Waals surface area contributed by atoms with Crippen LogP contribution in [0.25, 0.3) is 0 Å². The molecule has 2 rings (SSSR count). The highest BCUT2D eigenvalue weighted by Crippen LogP contribution is 2.29. The Bertz CT molecular complexity index is 442. The van der Waals surface area contributed by atoms with Crippen molar-refractivity contribution in [1.82, 2.24) is 14.9 Å². The lowest BCUT2D eigenvalue weighted by Gasteiger charge is -2.21. The van der Waals surface area contributed by atoms with Gasteiger partial charge in [0.05, 0.1) is 11.0 Å². The zero-order valence-corrected chi connectivity index (χ0v) is 11.7. The van der Waals surface area contributed by atoms with Crippen LogP contribution >= 0.6 is 27.5 Å².